The Morgan fingerprint density at radius 3 is 0.924 bits per heavy atom. The van der Waals surface area contributed by atoms with Crippen LogP contribution < -0.4 is 0 Å². The van der Waals surface area contributed by atoms with Crippen molar-refractivity contribution < 1.29 is 0 Å². The molecule has 19 aromatic rings. The monoisotopic (exact) mass is 1750 g/mol. The van der Waals surface area contributed by atoms with Crippen molar-refractivity contribution in [3.63, 3.8) is 0 Å². The van der Waals surface area contributed by atoms with E-state index >= 15 is 0 Å². The van der Waals surface area contributed by atoms with Gasteiger partial charge in [-0.1, -0.05) is 267 Å². The van der Waals surface area contributed by atoms with Crippen molar-refractivity contribution in [3.8, 4) is 0 Å². The van der Waals surface area contributed by atoms with Gasteiger partial charge in [0.2, 0.25) is 0 Å². The maximum absolute atomic E-state index is 4.18. The molecule has 0 amide bonds. The molecule has 674 valence electrons. The summed E-state index contributed by atoms with van der Waals surface area (Å²) in [6.45, 7) is 28.9. The highest BCUT2D eigenvalue weighted by Crippen LogP contribution is 2.13. The van der Waals surface area contributed by atoms with Crippen LogP contribution in [0.25, 0.3) is 65.2 Å². The summed E-state index contributed by atoms with van der Waals surface area (Å²) in [5.41, 5.74) is 4.00. The van der Waals surface area contributed by atoms with Gasteiger partial charge in [0.05, 0.1) is 65.8 Å². The first-order valence-electron chi connectivity index (χ1n) is 42.8. The van der Waals surface area contributed by atoms with E-state index in [-0.39, 0.29) is 0 Å². The molecule has 1 aliphatic carbocycles. The summed E-state index contributed by atoms with van der Waals surface area (Å²) in [6, 6.07) is 68.8. The van der Waals surface area contributed by atoms with Gasteiger partial charge in [-0.05, 0) is 107 Å². The lowest BCUT2D eigenvalue weighted by atomic mass is 10.2. The van der Waals surface area contributed by atoms with Crippen molar-refractivity contribution in [2.45, 2.75) is 110 Å². The standard InChI is InChI=1S/2C9H7N.4C8H6N2.C5H5N.C5H6.3C4H4N2.2C4H5N.3C3H3N3.7C2H6/c1-2-6-9-8(4-1)5-3-7-10-9;1-2-4-9-7-10-6-5-8(9)3-1;2*1-2-4-8-7(3-1)5-9-6-10-8;1-2-4-8-6-10-9-5-7(8)3-1;1-2-4-8-7(3-1)5-6-9-10-8;1-2-4-6-5-3-1;1-2-4-5-3-1;1-2-6-4-3-5-1;1-2-5-4-6-3-1;1-2-4-6-5-3-1;2*1-2-4-5-3-1;1-4-2-6-3-5-1;1-2-5-6-3-4-1;1-2-4-6-5-3-1;7*1-2/h2*1-7H;4*1-6H;1-5H;1-4H,5H2;3*1-4H;1,3-4H,2H2;1-3H,4H2;3*1-3H;7*1-2H3. The molecule has 0 fully saturated rings. The van der Waals surface area contributed by atoms with Gasteiger partial charge in [0.1, 0.15) is 44.3 Å². The smallest absolute Gasteiger partial charge is 0.138 e. The van der Waals surface area contributed by atoms with Gasteiger partial charge in [-0.3, -0.25) is 34.9 Å². The van der Waals surface area contributed by atoms with E-state index in [1.165, 1.54) is 54.0 Å². The first-order chi connectivity index (χ1) is 65.3. The van der Waals surface area contributed by atoms with Gasteiger partial charge in [-0.2, -0.15) is 35.7 Å². The zero-order valence-corrected chi connectivity index (χ0v) is 77.4. The van der Waals surface area contributed by atoms with Gasteiger partial charge in [0.25, 0.3) is 0 Å². The van der Waals surface area contributed by atoms with E-state index < -0.39 is 0 Å². The minimum absolute atomic E-state index is 0.889. The number of para-hydroxylation sites is 3. The van der Waals surface area contributed by atoms with Gasteiger partial charge in [0.15, 0.2) is 0 Å². The lowest BCUT2D eigenvalue weighted by Crippen LogP contribution is -1.79. The SMILES string of the molecule is C1=CCC=C1.C1=CCN=C1.C1=CN=CC1.CC.CC.CC.CC.CC.CC.CC.c1ccc2cnccc2c1.c1ccc2cnncc2c1.c1ccc2ncccc2c1.c1ccc2ncncc2c1.c1ccc2ncncc2c1.c1ccc2nnccc2c1.c1ccncc1.c1ccnnc1.c1cnccn1.c1cncnc1.c1cnncn1.c1cnnnc1.c1ncncn1. The minimum atomic E-state index is 0.889. The lowest BCUT2D eigenvalue weighted by Gasteiger charge is -1.91. The molecule has 0 spiro atoms. The molecule has 3 aliphatic rings. The highest BCUT2D eigenvalue weighted by molar-refractivity contribution is 5.82. The van der Waals surface area contributed by atoms with Gasteiger partial charge >= 0.3 is 0 Å². The van der Waals surface area contributed by atoms with Gasteiger partial charge < -0.3 is 0 Å². The average Bonchev–Trinajstić information content (AvgIpc) is 1.61. The molecular formula is C103H122N28. The van der Waals surface area contributed by atoms with E-state index in [1.807, 2.05) is 328 Å². The van der Waals surface area contributed by atoms with E-state index in [9.17, 15) is 0 Å². The van der Waals surface area contributed by atoms with Crippen LogP contribution in [0.15, 0.2) is 452 Å². The molecule has 28 heteroatoms. The predicted octanol–water partition coefficient (Wildman–Crippen LogP) is 23.4. The molecule has 0 N–H and O–H groups in total. The molecular weight excluding hydrogens is 1630 g/mol. The van der Waals surface area contributed by atoms with Crippen molar-refractivity contribution in [3.05, 3.63) is 442 Å². The highest BCUT2D eigenvalue weighted by atomic mass is 15.3. The van der Waals surface area contributed by atoms with E-state index in [4.69, 9.17) is 0 Å². The molecule has 2 aliphatic heterocycles. The number of aliphatic imine (C=N–C) groups is 2. The maximum Gasteiger partial charge on any atom is 0.138 e. The third-order valence-corrected chi connectivity index (χ3v) is 13.7. The van der Waals surface area contributed by atoms with Crippen LogP contribution in [-0.4, -0.2) is 150 Å². The molecule has 6 aromatic carbocycles. The van der Waals surface area contributed by atoms with E-state index in [2.05, 4.69) is 190 Å². The maximum atomic E-state index is 4.18. The molecule has 15 heterocycles. The van der Waals surface area contributed by atoms with Crippen LogP contribution in [0.3, 0.4) is 0 Å². The molecule has 22 rings (SSSR count). The average molecular weight is 1750 g/mol. The third kappa shape index (κ3) is 63.7. The summed E-state index contributed by atoms with van der Waals surface area (Å²) in [4.78, 5) is 64.6. The van der Waals surface area contributed by atoms with Crippen molar-refractivity contribution in [1.82, 2.24) is 131 Å². The molecule has 0 unspecified atom stereocenters. The number of benzene rings is 6. The summed E-state index contributed by atoms with van der Waals surface area (Å²) in [6.07, 6.45) is 69.6. The number of aromatic nitrogens is 26. The number of fused-ring (bicyclic) bond motifs is 6. The lowest BCUT2D eigenvalue weighted by molar-refractivity contribution is 0.865. The Morgan fingerprint density at radius 1 is 0.206 bits per heavy atom. The fraction of sp³-hybridized carbons (Fsp3) is 0.165. The van der Waals surface area contributed by atoms with Crippen LogP contribution in [0, 0.1) is 0 Å². The zero-order chi connectivity index (χ0) is 95.2. The van der Waals surface area contributed by atoms with Gasteiger partial charge in [0, 0.05) is 157 Å². The van der Waals surface area contributed by atoms with Gasteiger partial charge in [-0.15, -0.1) is 15.3 Å². The number of allylic oxidation sites excluding steroid dienone is 6. The van der Waals surface area contributed by atoms with E-state index in [0.717, 1.165) is 68.4 Å². The normalized spacial score (nSPS) is 9.48. The highest BCUT2D eigenvalue weighted by Gasteiger charge is 1.93. The quantitative estimate of drug-likeness (QED) is 0.136. The van der Waals surface area contributed by atoms with Crippen LogP contribution in [0.1, 0.15) is 110 Å². The summed E-state index contributed by atoms with van der Waals surface area (Å²) in [7, 11) is 0. The molecule has 131 heavy (non-hydrogen) atoms. The number of hydrogen-bond donors (Lipinski definition) is 0. The summed E-state index contributed by atoms with van der Waals surface area (Å²) in [5.74, 6) is 0. The summed E-state index contributed by atoms with van der Waals surface area (Å²) < 4.78 is 0. The van der Waals surface area contributed by atoms with Crippen LogP contribution in [-0.2, 0) is 0 Å². The topological polar surface area (TPSA) is 360 Å². The number of nitrogens with zero attached hydrogens (tertiary/aromatic N) is 28. The van der Waals surface area contributed by atoms with Crippen molar-refractivity contribution >= 4 is 77.6 Å². The Labute approximate surface area is 772 Å². The second-order valence-corrected chi connectivity index (χ2v) is 21.9. The van der Waals surface area contributed by atoms with E-state index in [0.29, 0.717) is 0 Å². The molecule has 0 bridgehead atoms. The second-order valence-electron chi connectivity index (χ2n) is 21.9. The molecule has 0 radical (unpaired) electrons. The van der Waals surface area contributed by atoms with Crippen molar-refractivity contribution in [1.29, 1.82) is 0 Å². The zero-order valence-electron chi connectivity index (χ0n) is 77.4. The van der Waals surface area contributed by atoms with Crippen molar-refractivity contribution in [2.24, 2.45) is 9.98 Å². The largest absolute Gasteiger partial charge is 0.289 e. The van der Waals surface area contributed by atoms with Crippen molar-refractivity contribution in [2.75, 3.05) is 6.54 Å². The predicted molar refractivity (Wildman–Crippen MR) is 539 cm³/mol. The van der Waals surface area contributed by atoms with Gasteiger partial charge in [-0.25, -0.2) is 49.8 Å². The Kier molecular flexibility index (Phi) is 80.6. The van der Waals surface area contributed by atoms with E-state index in [1.54, 1.807) is 136 Å². The number of rotatable bonds is 0. The van der Waals surface area contributed by atoms with Crippen LogP contribution in [0.5, 0.6) is 0 Å². The summed E-state index contributed by atoms with van der Waals surface area (Å²) >= 11 is 0. The Morgan fingerprint density at radius 2 is 0.611 bits per heavy atom. The minimum Gasteiger partial charge on any atom is -0.289 e. The second kappa shape index (κ2) is 92.4. The Balaban J connectivity index is 0.00000137. The first-order valence-corrected chi connectivity index (χ1v) is 42.8. The number of pyridine rings is 3. The fourth-order valence-corrected chi connectivity index (χ4v) is 8.44. The van der Waals surface area contributed by atoms with Crippen LogP contribution in [0.4, 0.5) is 0 Å². The number of hydrogen-bond acceptors (Lipinski definition) is 28. The van der Waals surface area contributed by atoms with Crippen LogP contribution >= 0.6 is 0 Å². The Bertz CT molecular complexity index is 4230. The molecule has 0 saturated carbocycles. The molecule has 0 saturated heterocycles. The Hall–Kier alpha value is -16.8. The molecule has 0 atom stereocenters. The third-order valence-electron chi connectivity index (χ3n) is 13.7. The first kappa shape index (κ1) is 114. The molecule has 13 aromatic heterocycles. The molecule has 28 nitrogen and oxygen atoms in total. The fourth-order valence-electron chi connectivity index (χ4n) is 8.44. The van der Waals surface area contributed by atoms with Crippen LogP contribution in [0.2, 0.25) is 0 Å². The summed E-state index contributed by atoms with van der Waals surface area (Å²) in [5, 5.41) is 48.5.